The fourth-order valence-electron chi connectivity index (χ4n) is 3.04. The zero-order valence-corrected chi connectivity index (χ0v) is 11.0. The molecule has 20 heavy (non-hydrogen) atoms. The van der Waals surface area contributed by atoms with E-state index < -0.39 is 23.5 Å². The van der Waals surface area contributed by atoms with Gasteiger partial charge in [-0.1, -0.05) is 36.4 Å². The molecule has 3 atom stereocenters. The SMILES string of the molecule is COC(=O)[C@]12C=C[C@@H](O)[C@H]1C(=O)N2Cc1ccccc1. The lowest BCUT2D eigenvalue weighted by molar-refractivity contribution is -0.188. The lowest BCUT2D eigenvalue weighted by atomic mass is 9.74. The molecule has 1 aliphatic heterocycles. The fourth-order valence-corrected chi connectivity index (χ4v) is 3.04. The van der Waals surface area contributed by atoms with Crippen LogP contribution in [-0.2, 0) is 20.9 Å². The number of aliphatic hydroxyl groups is 1. The molecule has 0 aromatic heterocycles. The molecule has 1 heterocycles. The number of rotatable bonds is 3. The first kappa shape index (κ1) is 12.9. The van der Waals surface area contributed by atoms with E-state index in [0.29, 0.717) is 6.54 Å². The molecule has 1 aromatic rings. The standard InChI is InChI=1S/C15H15NO4/c1-20-14(19)15-8-7-11(17)12(15)13(18)16(15)9-10-5-3-2-4-6-10/h2-8,11-12,17H,9H2,1H3/t11-,12+,15+/m1/s1. The van der Waals surface area contributed by atoms with Crippen LogP contribution in [0.1, 0.15) is 5.56 Å². The van der Waals surface area contributed by atoms with Crippen molar-refractivity contribution < 1.29 is 19.4 Å². The van der Waals surface area contributed by atoms with Gasteiger partial charge in [0.25, 0.3) is 0 Å². The molecule has 1 fully saturated rings. The number of aliphatic hydroxyl groups excluding tert-OH is 1. The van der Waals surface area contributed by atoms with Crippen LogP contribution in [0.15, 0.2) is 42.5 Å². The second-order valence-corrected chi connectivity index (χ2v) is 5.05. The van der Waals surface area contributed by atoms with Gasteiger partial charge >= 0.3 is 5.97 Å². The van der Waals surface area contributed by atoms with Crippen LogP contribution in [0.3, 0.4) is 0 Å². The second-order valence-electron chi connectivity index (χ2n) is 5.05. The van der Waals surface area contributed by atoms with Crippen molar-refractivity contribution in [3.8, 4) is 0 Å². The van der Waals surface area contributed by atoms with Gasteiger partial charge in [-0.25, -0.2) is 4.79 Å². The molecule has 1 saturated heterocycles. The first-order valence-electron chi connectivity index (χ1n) is 6.42. The Hall–Kier alpha value is -2.14. The summed E-state index contributed by atoms with van der Waals surface area (Å²) in [4.78, 5) is 25.8. The molecule has 5 nitrogen and oxygen atoms in total. The molecule has 1 aliphatic carbocycles. The van der Waals surface area contributed by atoms with Gasteiger partial charge in [-0.3, -0.25) is 4.79 Å². The second kappa shape index (κ2) is 4.45. The molecule has 0 bridgehead atoms. The minimum atomic E-state index is -1.15. The third kappa shape index (κ3) is 1.53. The normalized spacial score (nSPS) is 30.9. The van der Waals surface area contributed by atoms with Crippen LogP contribution in [-0.4, -0.2) is 40.6 Å². The summed E-state index contributed by atoms with van der Waals surface area (Å²) in [6.07, 6.45) is 2.15. The first-order chi connectivity index (χ1) is 9.61. The number of methoxy groups -OCH3 is 1. The zero-order valence-electron chi connectivity index (χ0n) is 11.0. The summed E-state index contributed by atoms with van der Waals surface area (Å²) in [7, 11) is 1.29. The molecule has 0 radical (unpaired) electrons. The topological polar surface area (TPSA) is 66.8 Å². The number of nitrogens with zero attached hydrogens (tertiary/aromatic N) is 1. The van der Waals surface area contributed by atoms with Gasteiger partial charge in [0.2, 0.25) is 5.91 Å². The maximum Gasteiger partial charge on any atom is 0.336 e. The van der Waals surface area contributed by atoms with Crippen LogP contribution in [0.2, 0.25) is 0 Å². The summed E-state index contributed by atoms with van der Waals surface area (Å²) in [5.74, 6) is -1.48. The Bertz CT molecular complexity index is 583. The van der Waals surface area contributed by atoms with Gasteiger partial charge in [0.05, 0.1) is 13.2 Å². The van der Waals surface area contributed by atoms with Crippen molar-refractivity contribution in [2.75, 3.05) is 7.11 Å². The van der Waals surface area contributed by atoms with Gasteiger partial charge in [-0.05, 0) is 11.6 Å². The molecular formula is C15H15NO4. The number of hydrogen-bond acceptors (Lipinski definition) is 4. The lowest BCUT2D eigenvalue weighted by Gasteiger charge is -2.52. The van der Waals surface area contributed by atoms with Gasteiger partial charge in [0, 0.05) is 6.54 Å². The van der Waals surface area contributed by atoms with E-state index in [4.69, 9.17) is 4.74 Å². The van der Waals surface area contributed by atoms with E-state index in [0.717, 1.165) is 5.56 Å². The van der Waals surface area contributed by atoms with E-state index in [1.165, 1.54) is 18.1 Å². The highest BCUT2D eigenvalue weighted by molar-refractivity contribution is 6.04. The van der Waals surface area contributed by atoms with Crippen molar-refractivity contribution in [3.63, 3.8) is 0 Å². The summed E-state index contributed by atoms with van der Waals surface area (Å²) in [6.45, 7) is 0.322. The molecule has 104 valence electrons. The maximum atomic E-state index is 12.2. The van der Waals surface area contributed by atoms with Crippen LogP contribution in [0, 0.1) is 5.92 Å². The molecule has 1 amide bonds. The minimum Gasteiger partial charge on any atom is -0.467 e. The highest BCUT2D eigenvalue weighted by Crippen LogP contribution is 2.47. The number of fused-ring (bicyclic) bond motifs is 1. The highest BCUT2D eigenvalue weighted by Gasteiger charge is 2.68. The van der Waals surface area contributed by atoms with E-state index >= 15 is 0 Å². The number of ether oxygens (including phenoxy) is 1. The molecule has 1 N–H and O–H groups in total. The van der Waals surface area contributed by atoms with Crippen LogP contribution >= 0.6 is 0 Å². The van der Waals surface area contributed by atoms with Gasteiger partial charge in [-0.15, -0.1) is 0 Å². The quantitative estimate of drug-likeness (QED) is 0.494. The van der Waals surface area contributed by atoms with Gasteiger partial charge in [0.15, 0.2) is 5.54 Å². The number of carbonyl (C=O) groups excluding carboxylic acids is 2. The van der Waals surface area contributed by atoms with Gasteiger partial charge < -0.3 is 14.7 Å². The van der Waals surface area contributed by atoms with Crippen molar-refractivity contribution in [2.45, 2.75) is 18.2 Å². The largest absolute Gasteiger partial charge is 0.467 e. The predicted molar refractivity (Wildman–Crippen MR) is 70.4 cm³/mol. The third-order valence-electron chi connectivity index (χ3n) is 4.04. The Morgan fingerprint density at radius 3 is 2.75 bits per heavy atom. The Labute approximate surface area is 116 Å². The average Bonchev–Trinajstić information content (AvgIpc) is 2.79. The molecule has 2 aliphatic rings. The number of esters is 1. The molecule has 0 unspecified atom stereocenters. The van der Waals surface area contributed by atoms with Gasteiger partial charge in [-0.2, -0.15) is 0 Å². The molecule has 0 saturated carbocycles. The van der Waals surface area contributed by atoms with Crippen LogP contribution in [0.5, 0.6) is 0 Å². The minimum absolute atomic E-state index is 0.225. The van der Waals surface area contributed by atoms with Crippen molar-refractivity contribution in [3.05, 3.63) is 48.0 Å². The van der Waals surface area contributed by atoms with Gasteiger partial charge in [0.1, 0.15) is 5.92 Å². The summed E-state index contributed by atoms with van der Waals surface area (Å²) >= 11 is 0. The molecule has 3 rings (SSSR count). The zero-order chi connectivity index (χ0) is 14.3. The summed E-state index contributed by atoms with van der Waals surface area (Å²) < 4.78 is 4.83. The lowest BCUT2D eigenvalue weighted by Crippen LogP contribution is -2.73. The molecule has 1 aromatic carbocycles. The Morgan fingerprint density at radius 2 is 2.10 bits per heavy atom. The molecule has 5 heteroatoms. The van der Waals surface area contributed by atoms with E-state index in [1.54, 1.807) is 6.08 Å². The van der Waals surface area contributed by atoms with Crippen molar-refractivity contribution in [2.24, 2.45) is 5.92 Å². The fraction of sp³-hybridized carbons (Fsp3) is 0.333. The molecule has 0 spiro atoms. The number of hydrogen-bond donors (Lipinski definition) is 1. The van der Waals surface area contributed by atoms with E-state index in [9.17, 15) is 14.7 Å². The Balaban J connectivity index is 1.93. The van der Waals surface area contributed by atoms with Crippen LogP contribution in [0.25, 0.3) is 0 Å². The number of benzene rings is 1. The van der Waals surface area contributed by atoms with Crippen molar-refractivity contribution >= 4 is 11.9 Å². The van der Waals surface area contributed by atoms with Crippen molar-refractivity contribution in [1.29, 1.82) is 0 Å². The number of likely N-dealkylation sites (tertiary alicyclic amines) is 1. The smallest absolute Gasteiger partial charge is 0.336 e. The number of carbonyl (C=O) groups is 2. The summed E-state index contributed by atoms with van der Waals surface area (Å²) in [5, 5.41) is 9.84. The van der Waals surface area contributed by atoms with E-state index in [1.807, 2.05) is 30.3 Å². The first-order valence-corrected chi connectivity index (χ1v) is 6.42. The molecular weight excluding hydrogens is 258 g/mol. The van der Waals surface area contributed by atoms with Crippen molar-refractivity contribution in [1.82, 2.24) is 4.90 Å². The Morgan fingerprint density at radius 1 is 1.40 bits per heavy atom. The average molecular weight is 273 g/mol. The van der Waals surface area contributed by atoms with E-state index in [-0.39, 0.29) is 5.91 Å². The Kier molecular flexibility index (Phi) is 2.87. The summed E-state index contributed by atoms with van der Waals surface area (Å²) in [6, 6.07) is 9.42. The predicted octanol–water partition coefficient (Wildman–Crippen LogP) is 0.487. The number of β-lactam (4-membered cyclic amide) rings is 1. The third-order valence-corrected chi connectivity index (χ3v) is 4.04. The highest BCUT2D eigenvalue weighted by atomic mass is 16.5. The van der Waals surface area contributed by atoms with E-state index in [2.05, 4.69) is 0 Å². The van der Waals surface area contributed by atoms with Crippen LogP contribution < -0.4 is 0 Å². The number of amides is 1. The maximum absolute atomic E-state index is 12.2. The van der Waals surface area contributed by atoms with Crippen LogP contribution in [0.4, 0.5) is 0 Å². The summed E-state index contributed by atoms with van der Waals surface area (Å²) in [5.41, 5.74) is -0.224. The monoisotopic (exact) mass is 273 g/mol.